The van der Waals surface area contributed by atoms with Gasteiger partial charge < -0.3 is 15.0 Å². The Morgan fingerprint density at radius 2 is 0.479 bits per heavy atom. The Labute approximate surface area is 277 Å². The average molecular weight is 682 g/mol. The minimum absolute atomic E-state index is 0.433. The summed E-state index contributed by atoms with van der Waals surface area (Å²) < 4.78 is 0. The summed E-state index contributed by atoms with van der Waals surface area (Å²) in [6, 6.07) is 23.5. The lowest BCUT2D eigenvalue weighted by Crippen LogP contribution is -1.76. The van der Waals surface area contributed by atoms with Crippen molar-refractivity contribution in [2.45, 2.75) is 0 Å². The Bertz CT molecular complexity index is 2590. The van der Waals surface area contributed by atoms with Gasteiger partial charge >= 0.3 is 0 Å². The maximum absolute atomic E-state index is 4.77. The molecule has 0 fully saturated rings. The number of hydrogen-bond acceptors (Lipinski definition) is 15. The van der Waals surface area contributed by atoms with Crippen molar-refractivity contribution in [3.8, 4) is 0 Å². The lowest BCUT2D eigenvalue weighted by molar-refractivity contribution is 1.10. The SMILES string of the molecule is c1ccc2c3nc4nnc(nc5[nH]c(nc6nnc(nc7[nH]c(nc8nnc(nc([nH]3)c2c1)s8)c1ccccc71)s6)c1ccccc51)s4. The van der Waals surface area contributed by atoms with Crippen LogP contribution < -0.4 is 0 Å². The van der Waals surface area contributed by atoms with Crippen LogP contribution >= 0.6 is 34.0 Å². The minimum atomic E-state index is 0.433. The van der Waals surface area contributed by atoms with Gasteiger partial charge in [-0.05, 0) is 0 Å². The highest BCUT2D eigenvalue weighted by Gasteiger charge is 2.10. The van der Waals surface area contributed by atoms with E-state index in [1.807, 2.05) is 72.8 Å². The van der Waals surface area contributed by atoms with Crippen molar-refractivity contribution in [1.29, 1.82) is 0 Å². The molecule has 0 unspecified atom stereocenters. The molecule has 10 aromatic rings. The normalized spacial score (nSPS) is 11.8. The van der Waals surface area contributed by atoms with E-state index < -0.39 is 0 Å². The molecule has 15 nitrogen and oxygen atoms in total. The number of rotatable bonds is 0. The second-order valence-corrected chi connectivity index (χ2v) is 13.2. The molecule has 7 aromatic heterocycles. The van der Waals surface area contributed by atoms with E-state index in [-0.39, 0.29) is 0 Å². The Morgan fingerprint density at radius 1 is 0.292 bits per heavy atom. The number of benzene rings is 3. The molecule has 0 aliphatic rings. The molecule has 0 amide bonds. The quantitative estimate of drug-likeness (QED) is 0.160. The van der Waals surface area contributed by atoms with Gasteiger partial charge in [0.05, 0.1) is 0 Å². The second kappa shape index (κ2) is 10.7. The van der Waals surface area contributed by atoms with Crippen molar-refractivity contribution in [2.75, 3.05) is 0 Å². The molecule has 12 bridgehead atoms. The first-order valence-electron chi connectivity index (χ1n) is 14.3. The smallest absolute Gasteiger partial charge is 0.235 e. The van der Waals surface area contributed by atoms with Crippen molar-refractivity contribution in [3.05, 3.63) is 72.8 Å². The third-order valence-electron chi connectivity index (χ3n) is 7.48. The van der Waals surface area contributed by atoms with Crippen molar-refractivity contribution in [1.82, 2.24) is 75.4 Å². The summed E-state index contributed by atoms with van der Waals surface area (Å²) in [5, 5.41) is 31.0. The number of fused-ring (bicyclic) bond motifs is 21. The molecule has 0 atom stereocenters. The monoisotopic (exact) mass is 681 g/mol. The van der Waals surface area contributed by atoms with Crippen LogP contribution in [0.2, 0.25) is 0 Å². The summed E-state index contributed by atoms with van der Waals surface area (Å²) in [7, 11) is 0. The molecular formula is C30H15N15S3. The van der Waals surface area contributed by atoms with Crippen LogP contribution in [0, 0.1) is 0 Å². The number of aromatic amines is 3. The van der Waals surface area contributed by atoms with Crippen LogP contribution in [-0.4, -0.2) is 75.4 Å². The molecule has 3 aromatic carbocycles. The predicted molar refractivity (Wildman–Crippen MR) is 187 cm³/mol. The number of nitrogens with one attached hydrogen (secondary N) is 3. The van der Waals surface area contributed by atoms with Gasteiger partial charge in [-0.3, -0.25) is 0 Å². The summed E-state index contributed by atoms with van der Waals surface area (Å²) in [6.07, 6.45) is 0. The predicted octanol–water partition coefficient (Wildman–Crippen LogP) is 6.35. The zero-order valence-electron chi connectivity index (χ0n) is 24.0. The topological polar surface area (TPSA) is 202 Å². The summed E-state index contributed by atoms with van der Waals surface area (Å²) in [5.74, 6) is 0. The molecule has 0 saturated heterocycles. The highest BCUT2D eigenvalue weighted by molar-refractivity contribution is 7.22. The molecule has 0 aliphatic carbocycles. The van der Waals surface area contributed by atoms with Gasteiger partial charge in [-0.1, -0.05) is 107 Å². The minimum Gasteiger partial charge on any atom is -0.324 e. The largest absolute Gasteiger partial charge is 0.324 e. The molecule has 0 radical (unpaired) electrons. The number of aromatic nitrogens is 15. The third kappa shape index (κ3) is 4.62. The first-order chi connectivity index (χ1) is 23.7. The molecule has 3 N–H and O–H groups in total. The van der Waals surface area contributed by atoms with E-state index in [4.69, 9.17) is 29.9 Å². The highest BCUT2D eigenvalue weighted by Crippen LogP contribution is 2.26. The van der Waals surface area contributed by atoms with Gasteiger partial charge in [0.1, 0.15) is 33.9 Å². The van der Waals surface area contributed by atoms with Crippen molar-refractivity contribution in [3.63, 3.8) is 0 Å². The second-order valence-electron chi connectivity index (χ2n) is 10.4. The average Bonchev–Trinajstić information content (AvgIpc) is 3.97. The fourth-order valence-corrected chi connectivity index (χ4v) is 7.23. The van der Waals surface area contributed by atoms with E-state index in [0.717, 1.165) is 32.3 Å². The highest BCUT2D eigenvalue weighted by atomic mass is 32.1. The summed E-state index contributed by atoms with van der Waals surface area (Å²) in [6.45, 7) is 0. The standard InChI is InChI=1S/C30H15N15S3/c1-2-8-14-13(7-1)19-31-20(14)35-26-41-43-28(47-26)37-22-17-11-5-6-12-18(17)24(33-22)39-30-45-44-29(48-30)38-23-16-10-4-3-9-15(16)21(32-23)36-27-42-40-25(34-19)46-27/h1-12H,(H,31,34,35,40,41)(H,32,36,38,42,44)(H,33,37,39,43,45). The van der Waals surface area contributed by atoms with Crippen molar-refractivity contribution >= 4 is 130 Å². The molecular weight excluding hydrogens is 667 g/mol. The van der Waals surface area contributed by atoms with Gasteiger partial charge in [0.15, 0.2) is 0 Å². The van der Waals surface area contributed by atoms with Crippen LogP contribution in [0.1, 0.15) is 0 Å². The van der Waals surface area contributed by atoms with Crippen molar-refractivity contribution < 1.29 is 0 Å². The zero-order valence-corrected chi connectivity index (χ0v) is 26.5. The van der Waals surface area contributed by atoms with Crippen LogP contribution in [0.3, 0.4) is 0 Å². The zero-order chi connectivity index (χ0) is 31.6. The maximum Gasteiger partial charge on any atom is 0.235 e. The van der Waals surface area contributed by atoms with Crippen LogP contribution in [0.25, 0.3) is 96.0 Å². The van der Waals surface area contributed by atoms with Gasteiger partial charge in [-0.15, -0.1) is 30.6 Å². The van der Waals surface area contributed by atoms with E-state index in [1.54, 1.807) is 0 Å². The molecule has 0 spiro atoms. The Morgan fingerprint density at radius 3 is 0.667 bits per heavy atom. The fraction of sp³-hybridized carbons (Fsp3) is 0. The van der Waals surface area contributed by atoms with E-state index in [0.29, 0.717) is 63.6 Å². The lowest BCUT2D eigenvalue weighted by atomic mass is 10.2. The first-order valence-corrected chi connectivity index (χ1v) is 16.8. The van der Waals surface area contributed by atoms with Crippen LogP contribution in [-0.2, 0) is 0 Å². The number of H-pyrrole nitrogens is 3. The van der Waals surface area contributed by atoms with Gasteiger partial charge in [0.25, 0.3) is 0 Å². The van der Waals surface area contributed by atoms with Crippen LogP contribution in [0.15, 0.2) is 72.8 Å². The first kappa shape index (κ1) is 26.9. The summed E-state index contributed by atoms with van der Waals surface area (Å²) in [5.41, 5.74) is 3.54. The molecule has 18 heteroatoms. The van der Waals surface area contributed by atoms with E-state index >= 15 is 0 Å². The van der Waals surface area contributed by atoms with E-state index in [9.17, 15) is 0 Å². The summed E-state index contributed by atoms with van der Waals surface area (Å²) in [4.78, 5) is 41.2. The number of nitrogens with zero attached hydrogens (tertiary/aromatic N) is 12. The molecule has 0 aliphatic heterocycles. The lowest BCUT2D eigenvalue weighted by Gasteiger charge is -1.86. The van der Waals surface area contributed by atoms with Crippen molar-refractivity contribution in [2.24, 2.45) is 0 Å². The Kier molecular flexibility index (Phi) is 5.98. The molecule has 48 heavy (non-hydrogen) atoms. The van der Waals surface area contributed by atoms with Crippen LogP contribution in [0.5, 0.6) is 0 Å². The van der Waals surface area contributed by atoms with E-state index in [1.165, 1.54) is 34.0 Å². The Hall–Kier alpha value is -6.24. The third-order valence-corrected chi connectivity index (χ3v) is 9.61. The fourth-order valence-electron chi connectivity index (χ4n) is 5.43. The summed E-state index contributed by atoms with van der Waals surface area (Å²) >= 11 is 3.77. The van der Waals surface area contributed by atoms with Gasteiger partial charge in [0.2, 0.25) is 29.8 Å². The number of hydrogen-bond donors (Lipinski definition) is 3. The maximum atomic E-state index is 4.77. The van der Waals surface area contributed by atoms with Gasteiger partial charge in [-0.2, -0.15) is 29.9 Å². The van der Waals surface area contributed by atoms with Crippen LogP contribution in [0.4, 0.5) is 0 Å². The molecule has 7 heterocycles. The molecule has 10 rings (SSSR count). The molecule has 228 valence electrons. The van der Waals surface area contributed by atoms with Gasteiger partial charge in [0, 0.05) is 32.3 Å². The van der Waals surface area contributed by atoms with Gasteiger partial charge in [-0.25, -0.2) is 0 Å². The Balaban J connectivity index is 1.31. The molecule has 0 saturated carbocycles. The van der Waals surface area contributed by atoms with E-state index in [2.05, 4.69) is 45.5 Å².